The normalized spacial score (nSPS) is 20.7. The highest BCUT2D eigenvalue weighted by Crippen LogP contribution is 2.33. The molecule has 1 fully saturated rings. The molecule has 1 nitrogen and oxygen atoms in total. The Bertz CT molecular complexity index is 321. The quantitative estimate of drug-likeness (QED) is 0.806. The number of hydrogen-bond acceptors (Lipinski definition) is 2. The summed E-state index contributed by atoms with van der Waals surface area (Å²) in [5.74, 6) is 2.39. The third kappa shape index (κ3) is 2.25. The molecule has 0 radical (unpaired) electrons. The molecule has 3 heteroatoms. The number of benzene rings is 1. The van der Waals surface area contributed by atoms with Crippen LogP contribution in [-0.2, 0) is 5.54 Å². The van der Waals surface area contributed by atoms with E-state index in [0.29, 0.717) is 0 Å². The molecule has 0 bridgehead atoms. The molecule has 2 N–H and O–H groups in total. The second-order valence-corrected chi connectivity index (χ2v) is 6.25. The highest BCUT2D eigenvalue weighted by atomic mass is 127. The molecule has 1 aliphatic heterocycles. The first-order valence-electron chi connectivity index (χ1n) is 4.83. The molecule has 1 heterocycles. The highest BCUT2D eigenvalue weighted by molar-refractivity contribution is 14.1. The van der Waals surface area contributed by atoms with Crippen LogP contribution in [-0.4, -0.2) is 11.5 Å². The fraction of sp³-hybridized carbons (Fsp3) is 0.455. The van der Waals surface area contributed by atoms with Gasteiger partial charge in [-0.05, 0) is 64.6 Å². The lowest BCUT2D eigenvalue weighted by molar-refractivity contribution is 0.410. The fourth-order valence-corrected chi connectivity index (χ4v) is 3.59. The van der Waals surface area contributed by atoms with Gasteiger partial charge >= 0.3 is 0 Å². The molecule has 0 amide bonds. The van der Waals surface area contributed by atoms with Crippen LogP contribution in [0.1, 0.15) is 18.4 Å². The fourth-order valence-electron chi connectivity index (χ4n) is 1.82. The second-order valence-electron chi connectivity index (χ2n) is 3.78. The number of rotatable bonds is 1. The molecule has 1 aromatic carbocycles. The Morgan fingerprint density at radius 3 is 2.64 bits per heavy atom. The van der Waals surface area contributed by atoms with E-state index in [1.807, 2.05) is 11.8 Å². The summed E-state index contributed by atoms with van der Waals surface area (Å²) in [7, 11) is 0. The zero-order valence-corrected chi connectivity index (χ0v) is 11.0. The largest absolute Gasteiger partial charge is 0.321 e. The Labute approximate surface area is 103 Å². The van der Waals surface area contributed by atoms with Gasteiger partial charge in [-0.25, -0.2) is 0 Å². The van der Waals surface area contributed by atoms with Crippen LogP contribution in [0.4, 0.5) is 0 Å². The maximum atomic E-state index is 6.43. The minimum absolute atomic E-state index is 0.0631. The zero-order valence-electron chi connectivity index (χ0n) is 8.00. The topological polar surface area (TPSA) is 26.0 Å². The van der Waals surface area contributed by atoms with Crippen LogP contribution in [0, 0.1) is 3.57 Å². The SMILES string of the molecule is NC1(c2cccc(I)c2)CCSCC1. The van der Waals surface area contributed by atoms with E-state index < -0.39 is 0 Å². The van der Waals surface area contributed by atoms with Crippen LogP contribution in [0.15, 0.2) is 24.3 Å². The molecular formula is C11H14INS. The number of hydrogen-bond donors (Lipinski definition) is 1. The highest BCUT2D eigenvalue weighted by Gasteiger charge is 2.29. The lowest BCUT2D eigenvalue weighted by atomic mass is 9.85. The molecule has 2 rings (SSSR count). The summed E-state index contributed by atoms with van der Waals surface area (Å²) in [6, 6.07) is 8.60. The predicted octanol–water partition coefficient (Wildman–Crippen LogP) is 2.97. The molecule has 0 saturated carbocycles. The first-order valence-corrected chi connectivity index (χ1v) is 7.07. The Hall–Kier alpha value is 0.260. The Balaban J connectivity index is 2.28. The van der Waals surface area contributed by atoms with Gasteiger partial charge in [0.2, 0.25) is 0 Å². The van der Waals surface area contributed by atoms with E-state index in [4.69, 9.17) is 5.73 Å². The van der Waals surface area contributed by atoms with Crippen molar-refractivity contribution in [1.82, 2.24) is 0 Å². The van der Waals surface area contributed by atoms with E-state index >= 15 is 0 Å². The molecule has 0 unspecified atom stereocenters. The molecule has 0 spiro atoms. The minimum atomic E-state index is -0.0631. The number of halogens is 1. The molecular weight excluding hydrogens is 305 g/mol. The van der Waals surface area contributed by atoms with Crippen molar-refractivity contribution in [2.24, 2.45) is 5.73 Å². The third-order valence-corrected chi connectivity index (χ3v) is 4.44. The van der Waals surface area contributed by atoms with Crippen molar-refractivity contribution >= 4 is 34.4 Å². The van der Waals surface area contributed by atoms with Gasteiger partial charge in [-0.2, -0.15) is 11.8 Å². The van der Waals surface area contributed by atoms with Gasteiger partial charge in [0.15, 0.2) is 0 Å². The summed E-state index contributed by atoms with van der Waals surface area (Å²) in [5, 5.41) is 0. The lowest BCUT2D eigenvalue weighted by Gasteiger charge is -2.33. The Morgan fingerprint density at radius 1 is 1.29 bits per heavy atom. The predicted molar refractivity (Wildman–Crippen MR) is 71.6 cm³/mol. The van der Waals surface area contributed by atoms with E-state index in [9.17, 15) is 0 Å². The van der Waals surface area contributed by atoms with E-state index in [-0.39, 0.29) is 5.54 Å². The summed E-state index contributed by atoms with van der Waals surface area (Å²) in [6.07, 6.45) is 2.22. The maximum Gasteiger partial charge on any atom is 0.0425 e. The smallest absolute Gasteiger partial charge is 0.0425 e. The van der Waals surface area contributed by atoms with Crippen LogP contribution < -0.4 is 5.73 Å². The van der Waals surface area contributed by atoms with Crippen LogP contribution in [0.2, 0.25) is 0 Å². The molecule has 0 atom stereocenters. The van der Waals surface area contributed by atoms with Gasteiger partial charge in [-0.1, -0.05) is 12.1 Å². The van der Waals surface area contributed by atoms with Crippen molar-refractivity contribution in [3.05, 3.63) is 33.4 Å². The van der Waals surface area contributed by atoms with E-state index in [2.05, 4.69) is 46.9 Å². The van der Waals surface area contributed by atoms with Gasteiger partial charge in [0.05, 0.1) is 0 Å². The van der Waals surface area contributed by atoms with Crippen LogP contribution in [0.5, 0.6) is 0 Å². The first-order chi connectivity index (χ1) is 6.71. The summed E-state index contributed by atoms with van der Waals surface area (Å²) in [5.41, 5.74) is 7.68. The van der Waals surface area contributed by atoms with Crippen molar-refractivity contribution in [2.45, 2.75) is 18.4 Å². The van der Waals surface area contributed by atoms with Gasteiger partial charge in [0.1, 0.15) is 0 Å². The standard InChI is InChI=1S/C11H14INS/c12-10-3-1-2-9(8-10)11(13)4-6-14-7-5-11/h1-3,8H,4-7,13H2. The molecule has 1 saturated heterocycles. The van der Waals surface area contributed by atoms with Gasteiger partial charge in [-0.15, -0.1) is 0 Å². The molecule has 1 aromatic rings. The first kappa shape index (κ1) is 10.8. The summed E-state index contributed by atoms with van der Waals surface area (Å²) in [6.45, 7) is 0. The van der Waals surface area contributed by atoms with Gasteiger partial charge in [-0.3, -0.25) is 0 Å². The van der Waals surface area contributed by atoms with E-state index in [0.717, 1.165) is 12.8 Å². The zero-order chi connectivity index (χ0) is 10.0. The van der Waals surface area contributed by atoms with Crippen LogP contribution in [0.3, 0.4) is 0 Å². The maximum absolute atomic E-state index is 6.43. The third-order valence-electron chi connectivity index (χ3n) is 2.78. The van der Waals surface area contributed by atoms with Crippen molar-refractivity contribution in [3.63, 3.8) is 0 Å². The van der Waals surface area contributed by atoms with Crippen molar-refractivity contribution < 1.29 is 0 Å². The monoisotopic (exact) mass is 319 g/mol. The summed E-state index contributed by atoms with van der Waals surface area (Å²) >= 11 is 4.36. The van der Waals surface area contributed by atoms with Crippen molar-refractivity contribution in [2.75, 3.05) is 11.5 Å². The Kier molecular flexibility index (Phi) is 3.39. The summed E-state index contributed by atoms with van der Waals surface area (Å²) in [4.78, 5) is 0. The molecule has 0 aliphatic carbocycles. The van der Waals surface area contributed by atoms with Gasteiger partial charge < -0.3 is 5.73 Å². The van der Waals surface area contributed by atoms with Crippen LogP contribution >= 0.6 is 34.4 Å². The average Bonchev–Trinajstić information content (AvgIpc) is 2.19. The lowest BCUT2D eigenvalue weighted by Crippen LogP contribution is -2.40. The summed E-state index contributed by atoms with van der Waals surface area (Å²) < 4.78 is 1.28. The molecule has 0 aromatic heterocycles. The molecule has 76 valence electrons. The molecule has 1 aliphatic rings. The minimum Gasteiger partial charge on any atom is -0.321 e. The molecule has 14 heavy (non-hydrogen) atoms. The van der Waals surface area contributed by atoms with E-state index in [1.165, 1.54) is 20.6 Å². The Morgan fingerprint density at radius 2 is 2.00 bits per heavy atom. The van der Waals surface area contributed by atoms with Crippen molar-refractivity contribution in [1.29, 1.82) is 0 Å². The van der Waals surface area contributed by atoms with Crippen LogP contribution in [0.25, 0.3) is 0 Å². The second kappa shape index (κ2) is 4.41. The number of thioether (sulfide) groups is 1. The van der Waals surface area contributed by atoms with Gasteiger partial charge in [0, 0.05) is 9.11 Å². The van der Waals surface area contributed by atoms with Crippen molar-refractivity contribution in [3.8, 4) is 0 Å². The van der Waals surface area contributed by atoms with E-state index in [1.54, 1.807) is 0 Å². The van der Waals surface area contributed by atoms with Gasteiger partial charge in [0.25, 0.3) is 0 Å². The number of nitrogens with two attached hydrogens (primary N) is 1. The average molecular weight is 319 g/mol.